The number of nitrogens with zero attached hydrogens (tertiary/aromatic N) is 1. The maximum atomic E-state index is 12.1. The predicted molar refractivity (Wildman–Crippen MR) is 71.3 cm³/mol. The summed E-state index contributed by atoms with van der Waals surface area (Å²) in [4.78, 5) is 10.7. The molecule has 0 atom stereocenters. The summed E-state index contributed by atoms with van der Waals surface area (Å²) in [5.41, 5.74) is 0.0482. The number of hydrogen-bond acceptors (Lipinski definition) is 4. The number of aromatic hydroxyl groups is 1. The first kappa shape index (κ1) is 13.9. The molecule has 1 aromatic carbocycles. The van der Waals surface area contributed by atoms with Gasteiger partial charge < -0.3 is 14.8 Å². The molecule has 0 aliphatic rings. The number of benzene rings is 1. The fourth-order valence-electron chi connectivity index (χ4n) is 1.68. The van der Waals surface area contributed by atoms with E-state index in [4.69, 9.17) is 5.11 Å². The number of anilines is 1. The minimum atomic E-state index is -3.91. The van der Waals surface area contributed by atoms with Crippen molar-refractivity contribution >= 4 is 21.7 Å². The van der Waals surface area contributed by atoms with Crippen LogP contribution in [0.2, 0.25) is 0 Å². The lowest BCUT2D eigenvalue weighted by Crippen LogP contribution is -2.12. The van der Waals surface area contributed by atoms with Crippen LogP contribution in [0, 0.1) is 0 Å². The summed E-state index contributed by atoms with van der Waals surface area (Å²) < 4.78 is 27.7. The monoisotopic (exact) mass is 296 g/mol. The first-order valence-electron chi connectivity index (χ1n) is 5.51. The summed E-state index contributed by atoms with van der Waals surface area (Å²) >= 11 is 0. The molecule has 8 heteroatoms. The molecule has 0 spiro atoms. The highest BCUT2D eigenvalue weighted by Gasteiger charge is 2.20. The van der Waals surface area contributed by atoms with E-state index in [0.29, 0.717) is 0 Å². The minimum absolute atomic E-state index is 0.0792. The van der Waals surface area contributed by atoms with Crippen LogP contribution in [-0.4, -0.2) is 29.2 Å². The van der Waals surface area contributed by atoms with Crippen molar-refractivity contribution in [3.8, 4) is 5.75 Å². The van der Waals surface area contributed by atoms with Crippen molar-refractivity contribution in [3.05, 3.63) is 42.2 Å². The second kappa shape index (κ2) is 4.89. The average molecular weight is 296 g/mol. The molecule has 3 N–H and O–H groups in total. The van der Waals surface area contributed by atoms with E-state index in [-0.39, 0.29) is 22.0 Å². The van der Waals surface area contributed by atoms with E-state index in [1.165, 1.54) is 42.1 Å². The van der Waals surface area contributed by atoms with Crippen molar-refractivity contribution in [1.82, 2.24) is 4.57 Å². The highest BCUT2D eigenvalue weighted by atomic mass is 32.2. The number of carboxylic acids is 1. The number of carbonyl (C=O) groups is 1. The zero-order valence-electron chi connectivity index (χ0n) is 10.4. The van der Waals surface area contributed by atoms with Crippen LogP contribution < -0.4 is 4.72 Å². The number of aromatic carboxylic acids is 1. The van der Waals surface area contributed by atoms with E-state index < -0.39 is 16.0 Å². The van der Waals surface area contributed by atoms with Gasteiger partial charge in [0, 0.05) is 19.3 Å². The molecular formula is C12H12N2O5S. The van der Waals surface area contributed by atoms with E-state index in [2.05, 4.69) is 4.72 Å². The van der Waals surface area contributed by atoms with E-state index >= 15 is 0 Å². The molecule has 0 saturated heterocycles. The lowest BCUT2D eigenvalue weighted by atomic mass is 10.3. The molecule has 0 bridgehead atoms. The van der Waals surface area contributed by atoms with Gasteiger partial charge in [-0.25, -0.2) is 13.2 Å². The first-order chi connectivity index (χ1) is 9.29. The molecule has 1 aromatic heterocycles. The Morgan fingerprint density at radius 3 is 2.55 bits per heavy atom. The van der Waals surface area contributed by atoms with Gasteiger partial charge in [-0.05, 0) is 18.2 Å². The summed E-state index contributed by atoms with van der Waals surface area (Å²) in [7, 11) is -2.47. The predicted octanol–water partition coefficient (Wildman–Crippen LogP) is 1.23. The minimum Gasteiger partial charge on any atom is -0.508 e. The summed E-state index contributed by atoms with van der Waals surface area (Å²) in [6, 6.07) is 6.67. The third-order valence-corrected chi connectivity index (χ3v) is 3.96. The van der Waals surface area contributed by atoms with Gasteiger partial charge in [0.15, 0.2) is 0 Å². The molecule has 0 aliphatic carbocycles. The number of carboxylic acid groups (broad SMARTS) is 1. The van der Waals surface area contributed by atoms with Gasteiger partial charge in [0.05, 0.1) is 5.69 Å². The van der Waals surface area contributed by atoms with Crippen molar-refractivity contribution in [1.29, 1.82) is 0 Å². The van der Waals surface area contributed by atoms with Gasteiger partial charge in [0.2, 0.25) is 0 Å². The van der Waals surface area contributed by atoms with Crippen molar-refractivity contribution < 1.29 is 23.4 Å². The van der Waals surface area contributed by atoms with Crippen LogP contribution in [0.3, 0.4) is 0 Å². The molecule has 2 rings (SSSR count). The van der Waals surface area contributed by atoms with E-state index in [1.54, 1.807) is 0 Å². The Balaban J connectivity index is 2.36. The molecule has 0 unspecified atom stereocenters. The second-order valence-electron chi connectivity index (χ2n) is 4.13. The Labute approximate surface area is 115 Å². The Hall–Kier alpha value is -2.48. The highest BCUT2D eigenvalue weighted by Crippen LogP contribution is 2.21. The van der Waals surface area contributed by atoms with Crippen LogP contribution >= 0.6 is 0 Å². The van der Waals surface area contributed by atoms with Crippen LogP contribution in [0.5, 0.6) is 5.75 Å². The third-order valence-electron chi connectivity index (χ3n) is 2.61. The smallest absolute Gasteiger partial charge is 0.352 e. The van der Waals surface area contributed by atoms with Crippen molar-refractivity contribution in [2.75, 3.05) is 4.72 Å². The van der Waals surface area contributed by atoms with Gasteiger partial charge in [-0.3, -0.25) is 4.72 Å². The third kappa shape index (κ3) is 2.75. The van der Waals surface area contributed by atoms with Gasteiger partial charge in [-0.15, -0.1) is 0 Å². The lowest BCUT2D eigenvalue weighted by molar-refractivity contribution is 0.0686. The molecule has 7 nitrogen and oxygen atoms in total. The molecule has 20 heavy (non-hydrogen) atoms. The normalized spacial score (nSPS) is 11.2. The number of aryl methyl sites for hydroxylation is 1. The van der Waals surface area contributed by atoms with Gasteiger partial charge in [-0.1, -0.05) is 6.07 Å². The van der Waals surface area contributed by atoms with Gasteiger partial charge >= 0.3 is 5.97 Å². The molecule has 2 aromatic rings. The summed E-state index contributed by atoms with van der Waals surface area (Å²) in [5.74, 6) is -1.30. The fourth-order valence-corrected chi connectivity index (χ4v) is 2.80. The molecule has 1 heterocycles. The number of aromatic nitrogens is 1. The van der Waals surface area contributed by atoms with Gasteiger partial charge in [0.1, 0.15) is 16.3 Å². The second-order valence-corrected chi connectivity index (χ2v) is 5.82. The Morgan fingerprint density at radius 1 is 1.30 bits per heavy atom. The largest absolute Gasteiger partial charge is 0.508 e. The Bertz CT molecular complexity index is 764. The maximum Gasteiger partial charge on any atom is 0.352 e. The number of phenols is 1. The van der Waals surface area contributed by atoms with E-state index in [9.17, 15) is 18.3 Å². The zero-order valence-corrected chi connectivity index (χ0v) is 11.3. The van der Waals surface area contributed by atoms with Crippen LogP contribution in [0.25, 0.3) is 0 Å². The molecule has 106 valence electrons. The summed E-state index contributed by atoms with van der Waals surface area (Å²) in [6.45, 7) is 0. The average Bonchev–Trinajstić information content (AvgIpc) is 2.71. The quantitative estimate of drug-likeness (QED) is 0.786. The molecule has 0 radical (unpaired) electrons. The van der Waals surface area contributed by atoms with Crippen LogP contribution in [0.15, 0.2) is 41.4 Å². The number of rotatable bonds is 4. The van der Waals surface area contributed by atoms with E-state index in [1.807, 2.05) is 0 Å². The standard InChI is InChI=1S/C12H12N2O5S/c1-14-7-10(6-11(14)12(16)17)20(18,19)13-8-3-2-4-9(15)5-8/h2-7,13,15H,1H3,(H,16,17). The van der Waals surface area contributed by atoms with Gasteiger partial charge in [0.25, 0.3) is 10.0 Å². The maximum absolute atomic E-state index is 12.1. The van der Waals surface area contributed by atoms with Gasteiger partial charge in [-0.2, -0.15) is 0 Å². The molecular weight excluding hydrogens is 284 g/mol. The zero-order chi connectivity index (χ0) is 14.9. The number of hydrogen-bond donors (Lipinski definition) is 3. The molecule has 0 aliphatic heterocycles. The SMILES string of the molecule is Cn1cc(S(=O)(=O)Nc2cccc(O)c2)cc1C(=O)O. The number of phenolic OH excluding ortho intramolecular Hbond substituents is 1. The molecule has 0 fully saturated rings. The van der Waals surface area contributed by atoms with Crippen LogP contribution in [-0.2, 0) is 17.1 Å². The lowest BCUT2D eigenvalue weighted by Gasteiger charge is -2.06. The van der Waals surface area contributed by atoms with Crippen molar-refractivity contribution in [2.45, 2.75) is 4.90 Å². The topological polar surface area (TPSA) is 109 Å². The first-order valence-corrected chi connectivity index (χ1v) is 6.99. The highest BCUT2D eigenvalue weighted by molar-refractivity contribution is 7.92. The summed E-state index contributed by atoms with van der Waals surface area (Å²) in [6.07, 6.45) is 1.20. The van der Waals surface area contributed by atoms with Crippen LogP contribution in [0.1, 0.15) is 10.5 Å². The number of nitrogens with one attached hydrogen (secondary N) is 1. The fraction of sp³-hybridized carbons (Fsp3) is 0.0833. The number of sulfonamides is 1. The van der Waals surface area contributed by atoms with E-state index in [0.717, 1.165) is 6.07 Å². The van der Waals surface area contributed by atoms with Crippen molar-refractivity contribution in [2.24, 2.45) is 7.05 Å². The Morgan fingerprint density at radius 2 is 2.00 bits per heavy atom. The molecule has 0 saturated carbocycles. The summed E-state index contributed by atoms with van der Waals surface area (Å²) in [5, 5.41) is 18.2. The van der Waals surface area contributed by atoms with Crippen LogP contribution in [0.4, 0.5) is 5.69 Å². The molecule has 0 amide bonds. The Kier molecular flexibility index (Phi) is 3.41. The van der Waals surface area contributed by atoms with Crippen molar-refractivity contribution in [3.63, 3.8) is 0 Å².